The van der Waals surface area contributed by atoms with Crippen molar-refractivity contribution < 1.29 is 9.18 Å². The lowest BCUT2D eigenvalue weighted by atomic mass is 9.84. The highest BCUT2D eigenvalue weighted by atomic mass is 79.9. The first-order chi connectivity index (χ1) is 9.14. The van der Waals surface area contributed by atoms with Crippen molar-refractivity contribution >= 4 is 39.1 Å². The minimum Gasteiger partial charge on any atom is -0.330 e. The second-order valence-electron chi connectivity index (χ2n) is 5.93. The first kappa shape index (κ1) is 17.4. The lowest BCUT2D eigenvalue weighted by Gasteiger charge is -2.24. The van der Waals surface area contributed by atoms with E-state index in [0.717, 1.165) is 6.07 Å². The number of carbonyl (C=O) groups excluding carboxylic acids is 1. The summed E-state index contributed by atoms with van der Waals surface area (Å²) in [7, 11) is 0. The molecular formula is C14H19BrClFN2O. The molecule has 1 atom stereocenters. The highest BCUT2D eigenvalue weighted by Gasteiger charge is 2.24. The molecule has 0 aliphatic heterocycles. The molecule has 20 heavy (non-hydrogen) atoms. The zero-order chi connectivity index (χ0) is 15.5. The van der Waals surface area contributed by atoms with Crippen LogP contribution >= 0.6 is 27.5 Å². The van der Waals surface area contributed by atoms with Crippen molar-refractivity contribution in [2.45, 2.75) is 27.2 Å². The number of rotatable bonds is 4. The van der Waals surface area contributed by atoms with Crippen LogP contribution in [0.3, 0.4) is 0 Å². The topological polar surface area (TPSA) is 55.1 Å². The molecular weight excluding hydrogens is 347 g/mol. The maximum Gasteiger partial charge on any atom is 0.228 e. The molecule has 0 saturated heterocycles. The predicted molar refractivity (Wildman–Crippen MR) is 84.4 cm³/mol. The molecule has 0 bridgehead atoms. The number of anilines is 1. The van der Waals surface area contributed by atoms with Crippen LogP contribution in [0, 0.1) is 17.2 Å². The van der Waals surface area contributed by atoms with Crippen molar-refractivity contribution in [2.75, 3.05) is 11.9 Å². The summed E-state index contributed by atoms with van der Waals surface area (Å²) in [4.78, 5) is 12.2. The lowest BCUT2D eigenvalue weighted by Crippen LogP contribution is -2.32. The third kappa shape index (κ3) is 5.04. The smallest absolute Gasteiger partial charge is 0.228 e. The van der Waals surface area contributed by atoms with Crippen LogP contribution in [0.15, 0.2) is 16.6 Å². The Morgan fingerprint density at radius 1 is 1.50 bits per heavy atom. The predicted octanol–water partition coefficient (Wildman–Crippen LogP) is 4.19. The first-order valence-electron chi connectivity index (χ1n) is 6.29. The summed E-state index contributed by atoms with van der Waals surface area (Å²) in [5.41, 5.74) is 6.03. The van der Waals surface area contributed by atoms with Gasteiger partial charge in [0.1, 0.15) is 5.82 Å². The van der Waals surface area contributed by atoms with Gasteiger partial charge in [-0.15, -0.1) is 0 Å². The maximum atomic E-state index is 13.1. The van der Waals surface area contributed by atoms with Gasteiger partial charge in [0.15, 0.2) is 0 Å². The van der Waals surface area contributed by atoms with Crippen molar-refractivity contribution in [1.29, 1.82) is 0 Å². The van der Waals surface area contributed by atoms with Gasteiger partial charge in [-0.3, -0.25) is 4.79 Å². The van der Waals surface area contributed by atoms with Gasteiger partial charge in [0.05, 0.1) is 16.6 Å². The van der Waals surface area contributed by atoms with Crippen LogP contribution in [-0.4, -0.2) is 12.5 Å². The number of amides is 1. The molecule has 1 unspecified atom stereocenters. The van der Waals surface area contributed by atoms with Gasteiger partial charge in [-0.1, -0.05) is 32.4 Å². The summed E-state index contributed by atoms with van der Waals surface area (Å²) >= 11 is 9.13. The van der Waals surface area contributed by atoms with Crippen LogP contribution in [0.4, 0.5) is 10.1 Å². The maximum absolute atomic E-state index is 13.1. The first-order valence-corrected chi connectivity index (χ1v) is 7.46. The molecule has 1 rings (SSSR count). The van der Waals surface area contributed by atoms with Crippen LogP contribution in [0.25, 0.3) is 0 Å². The fourth-order valence-electron chi connectivity index (χ4n) is 1.91. The number of hydrogen-bond acceptors (Lipinski definition) is 2. The Kier molecular flexibility index (Phi) is 5.98. The van der Waals surface area contributed by atoms with Crippen LogP contribution in [-0.2, 0) is 4.79 Å². The molecule has 1 aromatic rings. The molecule has 3 N–H and O–H groups in total. The molecule has 0 fully saturated rings. The number of halogens is 3. The van der Waals surface area contributed by atoms with Gasteiger partial charge in [0.25, 0.3) is 0 Å². The molecule has 0 spiro atoms. The highest BCUT2D eigenvalue weighted by Crippen LogP contribution is 2.33. The minimum atomic E-state index is -0.468. The van der Waals surface area contributed by atoms with Crippen molar-refractivity contribution in [1.82, 2.24) is 0 Å². The lowest BCUT2D eigenvalue weighted by molar-refractivity contribution is -0.120. The molecule has 0 aromatic heterocycles. The standard InChI is InChI=1S/C14H19BrClFN2O/c1-14(2,3)6-8(7-18)13(20)19-12-10(15)4-9(17)5-11(12)16/h4-5,8H,6-7,18H2,1-3H3,(H,19,20). The molecule has 112 valence electrons. The SMILES string of the molecule is CC(C)(C)CC(CN)C(=O)Nc1c(Cl)cc(F)cc1Br. The van der Waals surface area contributed by atoms with E-state index >= 15 is 0 Å². The summed E-state index contributed by atoms with van der Waals surface area (Å²) in [6.07, 6.45) is 0.658. The van der Waals surface area contributed by atoms with Crippen LogP contribution in [0.2, 0.25) is 5.02 Å². The normalized spacial score (nSPS) is 13.2. The minimum absolute atomic E-state index is 0.00873. The van der Waals surface area contributed by atoms with Gasteiger partial charge in [-0.2, -0.15) is 0 Å². The molecule has 0 aliphatic carbocycles. The molecule has 1 amide bonds. The fourth-order valence-corrected chi connectivity index (χ4v) is 2.81. The van der Waals surface area contributed by atoms with Crippen LogP contribution in [0.5, 0.6) is 0 Å². The zero-order valence-electron chi connectivity index (χ0n) is 11.8. The van der Waals surface area contributed by atoms with Gasteiger partial charge in [-0.05, 0) is 39.9 Å². The molecule has 0 saturated carbocycles. The monoisotopic (exact) mass is 364 g/mol. The number of nitrogens with one attached hydrogen (secondary N) is 1. The largest absolute Gasteiger partial charge is 0.330 e. The third-order valence-corrected chi connectivity index (χ3v) is 3.69. The molecule has 0 radical (unpaired) electrons. The van der Waals surface area contributed by atoms with Gasteiger partial charge in [-0.25, -0.2) is 4.39 Å². The Balaban J connectivity index is 2.89. The number of carbonyl (C=O) groups is 1. The quantitative estimate of drug-likeness (QED) is 0.840. The van der Waals surface area contributed by atoms with E-state index in [2.05, 4.69) is 21.2 Å². The van der Waals surface area contributed by atoms with E-state index in [9.17, 15) is 9.18 Å². The average molecular weight is 366 g/mol. The van der Waals surface area contributed by atoms with Crippen molar-refractivity contribution in [3.63, 3.8) is 0 Å². The van der Waals surface area contributed by atoms with Gasteiger partial charge < -0.3 is 11.1 Å². The Labute approximate surface area is 132 Å². The van der Waals surface area contributed by atoms with Gasteiger partial charge in [0, 0.05) is 11.0 Å². The van der Waals surface area contributed by atoms with E-state index < -0.39 is 5.82 Å². The Hall–Kier alpha value is -0.650. The number of nitrogens with two attached hydrogens (primary N) is 1. The van der Waals surface area contributed by atoms with E-state index in [0.29, 0.717) is 16.6 Å². The van der Waals surface area contributed by atoms with Crippen molar-refractivity contribution in [2.24, 2.45) is 17.1 Å². The summed E-state index contributed by atoms with van der Waals surface area (Å²) in [6.45, 7) is 6.39. The van der Waals surface area contributed by atoms with E-state index in [1.165, 1.54) is 6.07 Å². The molecule has 1 aromatic carbocycles. The summed E-state index contributed by atoms with van der Waals surface area (Å²) in [6, 6.07) is 2.41. The summed E-state index contributed by atoms with van der Waals surface area (Å²) in [5.74, 6) is -0.996. The molecule has 0 heterocycles. The molecule has 6 heteroatoms. The van der Waals surface area contributed by atoms with Gasteiger partial charge >= 0.3 is 0 Å². The zero-order valence-corrected chi connectivity index (χ0v) is 14.1. The Morgan fingerprint density at radius 2 is 2.10 bits per heavy atom. The third-order valence-electron chi connectivity index (χ3n) is 2.77. The summed E-state index contributed by atoms with van der Waals surface area (Å²) in [5, 5.41) is 2.86. The molecule has 3 nitrogen and oxygen atoms in total. The van der Waals surface area contributed by atoms with Crippen molar-refractivity contribution in [3.05, 3.63) is 27.4 Å². The van der Waals surface area contributed by atoms with Gasteiger partial charge in [0.2, 0.25) is 5.91 Å². The number of hydrogen-bond donors (Lipinski definition) is 2. The van der Waals surface area contributed by atoms with Crippen molar-refractivity contribution in [3.8, 4) is 0 Å². The highest BCUT2D eigenvalue weighted by molar-refractivity contribution is 9.10. The summed E-state index contributed by atoms with van der Waals surface area (Å²) < 4.78 is 13.6. The second-order valence-corrected chi connectivity index (χ2v) is 7.19. The van der Waals surface area contributed by atoms with Crippen LogP contribution < -0.4 is 11.1 Å². The average Bonchev–Trinajstić information content (AvgIpc) is 2.29. The Bertz CT molecular complexity index is 479. The fraction of sp³-hybridized carbons (Fsp3) is 0.500. The van der Waals surface area contributed by atoms with Crippen LogP contribution in [0.1, 0.15) is 27.2 Å². The molecule has 0 aliphatic rings. The Morgan fingerprint density at radius 3 is 2.55 bits per heavy atom. The van der Waals surface area contributed by atoms with E-state index in [4.69, 9.17) is 17.3 Å². The van der Waals surface area contributed by atoms with E-state index in [1.54, 1.807) is 0 Å². The van der Waals surface area contributed by atoms with E-state index in [-0.39, 0.29) is 28.8 Å². The van der Waals surface area contributed by atoms with E-state index in [1.807, 2.05) is 20.8 Å². The number of benzene rings is 1. The second kappa shape index (κ2) is 6.87.